The fourth-order valence-corrected chi connectivity index (χ4v) is 3.80. The summed E-state index contributed by atoms with van der Waals surface area (Å²) in [6.07, 6.45) is 1.06. The Labute approximate surface area is 148 Å². The van der Waals surface area contributed by atoms with Crippen LogP contribution in [0.15, 0.2) is 47.3 Å². The molecular formula is C16H15N3O4S2. The molecule has 0 atom stereocenters. The molecule has 0 unspecified atom stereocenters. The monoisotopic (exact) mass is 377 g/mol. The molecule has 1 aromatic heterocycles. The van der Waals surface area contributed by atoms with Crippen molar-refractivity contribution in [2.75, 3.05) is 16.3 Å². The summed E-state index contributed by atoms with van der Waals surface area (Å²) in [7, 11) is -1.66. The predicted octanol–water partition coefficient (Wildman–Crippen LogP) is 2.22. The molecule has 0 radical (unpaired) electrons. The Morgan fingerprint density at radius 1 is 1.08 bits per heavy atom. The number of amides is 1. The van der Waals surface area contributed by atoms with Crippen LogP contribution < -0.4 is 14.9 Å². The van der Waals surface area contributed by atoms with E-state index < -0.39 is 10.0 Å². The van der Waals surface area contributed by atoms with Gasteiger partial charge in [-0.3, -0.25) is 14.3 Å². The van der Waals surface area contributed by atoms with Gasteiger partial charge in [0.2, 0.25) is 10.0 Å². The van der Waals surface area contributed by atoms with Crippen LogP contribution in [0.25, 0.3) is 10.2 Å². The van der Waals surface area contributed by atoms with Gasteiger partial charge in [-0.2, -0.15) is 0 Å². The molecule has 0 aliphatic heterocycles. The number of nitrogens with one attached hydrogen (secondary N) is 2. The summed E-state index contributed by atoms with van der Waals surface area (Å²) in [6, 6.07) is 11.3. The highest BCUT2D eigenvalue weighted by Crippen LogP contribution is 2.22. The highest BCUT2D eigenvalue weighted by atomic mass is 32.2. The van der Waals surface area contributed by atoms with Crippen LogP contribution in [-0.2, 0) is 17.1 Å². The molecule has 130 valence electrons. The average Bonchev–Trinajstić information content (AvgIpc) is 2.80. The SMILES string of the molecule is Cn1c(=O)sc2cc(NC(=O)c3ccc(NS(C)(=O)=O)cc3)ccc21. The van der Waals surface area contributed by atoms with E-state index >= 15 is 0 Å². The summed E-state index contributed by atoms with van der Waals surface area (Å²) >= 11 is 1.11. The van der Waals surface area contributed by atoms with Crippen molar-refractivity contribution in [3.63, 3.8) is 0 Å². The number of aryl methyl sites for hydroxylation is 1. The third-order valence-electron chi connectivity index (χ3n) is 3.50. The Morgan fingerprint density at radius 2 is 1.72 bits per heavy atom. The maximum atomic E-state index is 12.3. The molecule has 0 bridgehead atoms. The molecule has 1 amide bonds. The van der Waals surface area contributed by atoms with Crippen molar-refractivity contribution >= 4 is 48.9 Å². The van der Waals surface area contributed by atoms with Crippen LogP contribution in [0.3, 0.4) is 0 Å². The molecule has 1 heterocycles. The smallest absolute Gasteiger partial charge is 0.307 e. The molecule has 0 aliphatic rings. The Hall–Kier alpha value is -2.65. The maximum absolute atomic E-state index is 12.3. The van der Waals surface area contributed by atoms with E-state index in [4.69, 9.17) is 0 Å². The topological polar surface area (TPSA) is 97.3 Å². The highest BCUT2D eigenvalue weighted by molar-refractivity contribution is 7.92. The Kier molecular flexibility index (Phi) is 4.36. The second-order valence-electron chi connectivity index (χ2n) is 5.52. The number of fused-ring (bicyclic) bond motifs is 1. The standard InChI is InChI=1S/C16H15N3O4S2/c1-19-13-8-7-12(9-14(13)24-16(19)21)17-15(20)10-3-5-11(6-4-10)18-25(2,22)23/h3-9,18H,1-2H3,(H,17,20). The van der Waals surface area contributed by atoms with E-state index in [1.807, 2.05) is 0 Å². The summed E-state index contributed by atoms with van der Waals surface area (Å²) in [5.74, 6) is -0.325. The van der Waals surface area contributed by atoms with E-state index in [1.165, 1.54) is 24.3 Å². The molecule has 0 fully saturated rings. The minimum absolute atomic E-state index is 0.0626. The molecule has 0 saturated heterocycles. The Morgan fingerprint density at radius 3 is 2.36 bits per heavy atom. The van der Waals surface area contributed by atoms with E-state index in [0.717, 1.165) is 27.8 Å². The van der Waals surface area contributed by atoms with E-state index in [0.29, 0.717) is 16.9 Å². The maximum Gasteiger partial charge on any atom is 0.307 e. The van der Waals surface area contributed by atoms with Crippen molar-refractivity contribution in [1.29, 1.82) is 0 Å². The van der Waals surface area contributed by atoms with Crippen LogP contribution in [0.4, 0.5) is 11.4 Å². The number of carbonyl (C=O) groups excluding carboxylic acids is 1. The largest absolute Gasteiger partial charge is 0.322 e. The summed E-state index contributed by atoms with van der Waals surface area (Å²) in [6.45, 7) is 0. The molecule has 0 saturated carbocycles. The van der Waals surface area contributed by atoms with Gasteiger partial charge in [0, 0.05) is 24.0 Å². The summed E-state index contributed by atoms with van der Waals surface area (Å²) in [4.78, 5) is 23.9. The van der Waals surface area contributed by atoms with Gasteiger partial charge in [0.15, 0.2) is 0 Å². The number of rotatable bonds is 4. The quantitative estimate of drug-likeness (QED) is 0.728. The molecule has 3 aromatic rings. The molecule has 9 heteroatoms. The number of sulfonamides is 1. The fraction of sp³-hybridized carbons (Fsp3) is 0.125. The third-order valence-corrected chi connectivity index (χ3v) is 5.10. The number of anilines is 2. The number of benzene rings is 2. The van der Waals surface area contributed by atoms with Gasteiger partial charge in [0.05, 0.1) is 16.5 Å². The Balaban J connectivity index is 1.79. The molecular weight excluding hydrogens is 362 g/mol. The first-order valence-corrected chi connectivity index (χ1v) is 9.92. The van der Waals surface area contributed by atoms with Gasteiger partial charge in [-0.15, -0.1) is 0 Å². The first kappa shape index (κ1) is 17.2. The van der Waals surface area contributed by atoms with Crippen molar-refractivity contribution < 1.29 is 13.2 Å². The van der Waals surface area contributed by atoms with Crippen molar-refractivity contribution in [1.82, 2.24) is 4.57 Å². The van der Waals surface area contributed by atoms with Crippen LogP contribution in [0.2, 0.25) is 0 Å². The number of nitrogens with zero attached hydrogens (tertiary/aromatic N) is 1. The number of aromatic nitrogens is 1. The molecule has 3 rings (SSSR count). The van der Waals surface area contributed by atoms with Crippen LogP contribution in [0.5, 0.6) is 0 Å². The van der Waals surface area contributed by atoms with Crippen LogP contribution in [0.1, 0.15) is 10.4 Å². The second kappa shape index (κ2) is 6.34. The molecule has 25 heavy (non-hydrogen) atoms. The zero-order chi connectivity index (χ0) is 18.2. The lowest BCUT2D eigenvalue weighted by Crippen LogP contribution is -2.13. The normalized spacial score (nSPS) is 11.4. The van der Waals surface area contributed by atoms with Gasteiger partial charge < -0.3 is 9.88 Å². The van der Waals surface area contributed by atoms with E-state index in [-0.39, 0.29) is 10.8 Å². The lowest BCUT2D eigenvalue weighted by molar-refractivity contribution is 0.102. The van der Waals surface area contributed by atoms with E-state index in [9.17, 15) is 18.0 Å². The highest BCUT2D eigenvalue weighted by Gasteiger charge is 2.10. The van der Waals surface area contributed by atoms with Crippen molar-refractivity contribution in [3.8, 4) is 0 Å². The van der Waals surface area contributed by atoms with Crippen molar-refractivity contribution in [2.45, 2.75) is 0 Å². The molecule has 2 aromatic carbocycles. The fourth-order valence-electron chi connectivity index (χ4n) is 2.32. The van der Waals surface area contributed by atoms with E-state index in [1.54, 1.807) is 29.8 Å². The average molecular weight is 377 g/mol. The van der Waals surface area contributed by atoms with Gasteiger partial charge in [-0.1, -0.05) is 11.3 Å². The molecule has 2 N–H and O–H groups in total. The van der Waals surface area contributed by atoms with Crippen LogP contribution >= 0.6 is 11.3 Å². The first-order chi connectivity index (χ1) is 11.7. The molecule has 7 nitrogen and oxygen atoms in total. The lowest BCUT2D eigenvalue weighted by Gasteiger charge is -2.07. The van der Waals surface area contributed by atoms with Gasteiger partial charge in [0.1, 0.15) is 0 Å². The zero-order valence-corrected chi connectivity index (χ0v) is 15.1. The summed E-state index contributed by atoms with van der Waals surface area (Å²) in [5, 5.41) is 2.76. The second-order valence-corrected chi connectivity index (χ2v) is 8.26. The summed E-state index contributed by atoms with van der Waals surface area (Å²) < 4.78 is 27.0. The van der Waals surface area contributed by atoms with E-state index in [2.05, 4.69) is 10.0 Å². The number of hydrogen-bond donors (Lipinski definition) is 2. The number of hydrogen-bond acceptors (Lipinski definition) is 5. The van der Waals surface area contributed by atoms with Gasteiger partial charge in [-0.05, 0) is 42.5 Å². The third kappa shape index (κ3) is 3.89. The van der Waals surface area contributed by atoms with Gasteiger partial charge in [-0.25, -0.2) is 8.42 Å². The lowest BCUT2D eigenvalue weighted by atomic mass is 10.2. The first-order valence-electron chi connectivity index (χ1n) is 7.22. The predicted molar refractivity (Wildman–Crippen MR) is 99.9 cm³/mol. The van der Waals surface area contributed by atoms with Gasteiger partial charge in [0.25, 0.3) is 5.91 Å². The number of thiazole rings is 1. The van der Waals surface area contributed by atoms with Crippen LogP contribution in [-0.4, -0.2) is 25.1 Å². The summed E-state index contributed by atoms with van der Waals surface area (Å²) in [5.41, 5.74) is 2.16. The molecule has 0 aliphatic carbocycles. The van der Waals surface area contributed by atoms with Gasteiger partial charge >= 0.3 is 4.87 Å². The number of carbonyl (C=O) groups is 1. The Bertz CT molecular complexity index is 1110. The zero-order valence-electron chi connectivity index (χ0n) is 13.4. The minimum atomic E-state index is -3.36. The van der Waals surface area contributed by atoms with Crippen molar-refractivity contribution in [2.24, 2.45) is 7.05 Å². The molecule has 0 spiro atoms. The minimum Gasteiger partial charge on any atom is -0.322 e. The van der Waals surface area contributed by atoms with Crippen molar-refractivity contribution in [3.05, 3.63) is 57.7 Å². The van der Waals surface area contributed by atoms with Crippen LogP contribution in [0, 0.1) is 0 Å².